The standard InChI is InChI=1S/C45H33N5S/c1-46-45(49-44(32-17-9-4-10-18-32)48-29-30-13-5-2-6-14-30)50-39-23-21-33(34-22-24-41-38(28-34)35-19-11-12-20-40(35)51-41)27-37(39)36-25-26-47-42(43(36)50)31-15-7-3-8-16-31/h2-28,45H,1,29H2,(H,48,49). The minimum Gasteiger partial charge on any atom is -0.331 e. The Hall–Kier alpha value is -6.37. The SMILES string of the molecule is C=NC(NC(=NCc1ccccc1)c1ccccc1)n1c2ccc(-c3ccc4sc5ccccc5c4c3)cc2c2ccnc(-c3ccccc3)c21. The van der Waals surface area contributed by atoms with Crippen LogP contribution in [-0.4, -0.2) is 22.1 Å². The third-order valence-corrected chi connectivity index (χ3v) is 10.6. The molecular formula is C45H33N5S. The molecule has 0 aliphatic carbocycles. The number of amidine groups is 1. The van der Waals surface area contributed by atoms with E-state index in [2.05, 4.69) is 132 Å². The van der Waals surface area contributed by atoms with Gasteiger partial charge < -0.3 is 5.32 Å². The topological polar surface area (TPSA) is 54.6 Å². The quantitative estimate of drug-likeness (QED) is 0.129. The van der Waals surface area contributed by atoms with Crippen molar-refractivity contribution in [3.8, 4) is 22.4 Å². The second-order valence-corrected chi connectivity index (χ2v) is 13.6. The van der Waals surface area contributed by atoms with Crippen molar-refractivity contribution in [1.29, 1.82) is 0 Å². The lowest BCUT2D eigenvalue weighted by molar-refractivity contribution is 0.524. The maximum atomic E-state index is 5.09. The first kappa shape index (κ1) is 30.7. The molecule has 0 saturated heterocycles. The molecule has 1 N–H and O–H groups in total. The molecule has 1 atom stereocenters. The van der Waals surface area contributed by atoms with Gasteiger partial charge in [-0.05, 0) is 59.8 Å². The molecule has 0 saturated carbocycles. The highest BCUT2D eigenvalue weighted by Crippen LogP contribution is 2.40. The van der Waals surface area contributed by atoms with E-state index in [-0.39, 0.29) is 0 Å². The summed E-state index contributed by atoms with van der Waals surface area (Å²) in [6.45, 7) is 4.63. The molecule has 0 fully saturated rings. The fourth-order valence-corrected chi connectivity index (χ4v) is 8.11. The Morgan fingerprint density at radius 2 is 1.31 bits per heavy atom. The first-order valence-electron chi connectivity index (χ1n) is 17.0. The van der Waals surface area contributed by atoms with Gasteiger partial charge in [0.15, 0.2) is 0 Å². The third kappa shape index (κ3) is 5.66. The average Bonchev–Trinajstić information content (AvgIpc) is 3.74. The van der Waals surface area contributed by atoms with E-state index >= 15 is 0 Å². The fraction of sp³-hybridized carbons (Fsp3) is 0.0444. The van der Waals surface area contributed by atoms with Crippen molar-refractivity contribution in [2.24, 2.45) is 9.98 Å². The molecule has 5 nitrogen and oxygen atoms in total. The predicted octanol–water partition coefficient (Wildman–Crippen LogP) is 11.3. The Morgan fingerprint density at radius 1 is 0.647 bits per heavy atom. The van der Waals surface area contributed by atoms with Gasteiger partial charge in [-0.3, -0.25) is 19.5 Å². The van der Waals surface area contributed by atoms with E-state index in [0.717, 1.165) is 55.6 Å². The highest BCUT2D eigenvalue weighted by molar-refractivity contribution is 7.25. The number of pyridine rings is 1. The van der Waals surface area contributed by atoms with Gasteiger partial charge in [-0.2, -0.15) is 0 Å². The predicted molar refractivity (Wildman–Crippen MR) is 216 cm³/mol. The number of hydrogen-bond acceptors (Lipinski definition) is 4. The number of aliphatic imine (C=N–C) groups is 2. The van der Waals surface area contributed by atoms with Gasteiger partial charge >= 0.3 is 0 Å². The van der Waals surface area contributed by atoms with Crippen LogP contribution in [0.15, 0.2) is 174 Å². The highest BCUT2D eigenvalue weighted by atomic mass is 32.1. The van der Waals surface area contributed by atoms with E-state index < -0.39 is 6.29 Å². The van der Waals surface area contributed by atoms with E-state index in [1.54, 1.807) is 0 Å². The number of nitrogens with one attached hydrogen (secondary N) is 1. The Bertz CT molecular complexity index is 2710. The molecule has 0 amide bonds. The van der Waals surface area contributed by atoms with Gasteiger partial charge in [-0.25, -0.2) is 0 Å². The van der Waals surface area contributed by atoms with E-state index in [1.165, 1.54) is 25.7 Å². The summed E-state index contributed by atoms with van der Waals surface area (Å²) < 4.78 is 4.83. The Labute approximate surface area is 299 Å². The number of nitrogens with zero attached hydrogens (tertiary/aromatic N) is 4. The third-order valence-electron chi connectivity index (χ3n) is 9.46. The van der Waals surface area contributed by atoms with Crippen LogP contribution in [0.2, 0.25) is 0 Å². The van der Waals surface area contributed by atoms with Crippen molar-refractivity contribution in [3.63, 3.8) is 0 Å². The Morgan fingerprint density at radius 3 is 2.10 bits per heavy atom. The molecule has 0 aliphatic rings. The maximum absolute atomic E-state index is 5.09. The van der Waals surface area contributed by atoms with E-state index in [9.17, 15) is 0 Å². The summed E-state index contributed by atoms with van der Waals surface area (Å²) in [6.07, 6.45) is 1.33. The monoisotopic (exact) mass is 675 g/mol. The molecule has 0 radical (unpaired) electrons. The summed E-state index contributed by atoms with van der Waals surface area (Å²) in [5.41, 5.74) is 8.37. The molecule has 3 aromatic heterocycles. The zero-order valence-electron chi connectivity index (χ0n) is 27.8. The van der Waals surface area contributed by atoms with Crippen LogP contribution < -0.4 is 5.32 Å². The van der Waals surface area contributed by atoms with Gasteiger partial charge in [0.25, 0.3) is 0 Å². The van der Waals surface area contributed by atoms with Crippen LogP contribution in [0.5, 0.6) is 0 Å². The molecule has 6 aromatic carbocycles. The summed E-state index contributed by atoms with van der Waals surface area (Å²) in [5.74, 6) is 0.741. The van der Waals surface area contributed by atoms with Gasteiger partial charge in [-0.15, -0.1) is 11.3 Å². The fourth-order valence-electron chi connectivity index (χ4n) is 7.03. The molecule has 0 spiro atoms. The average molecular weight is 676 g/mol. The van der Waals surface area contributed by atoms with E-state index in [0.29, 0.717) is 6.54 Å². The Kier molecular flexibility index (Phi) is 7.91. The minimum atomic E-state index is -0.578. The second-order valence-electron chi connectivity index (χ2n) is 12.5. The molecule has 9 aromatic rings. The van der Waals surface area contributed by atoms with Gasteiger partial charge in [0.1, 0.15) is 5.84 Å². The van der Waals surface area contributed by atoms with Crippen LogP contribution in [0.4, 0.5) is 0 Å². The molecular weight excluding hydrogens is 643 g/mol. The zero-order valence-corrected chi connectivity index (χ0v) is 28.6. The molecule has 6 heteroatoms. The first-order chi connectivity index (χ1) is 25.2. The lowest BCUT2D eigenvalue weighted by atomic mass is 10.0. The zero-order chi connectivity index (χ0) is 34.1. The lowest BCUT2D eigenvalue weighted by Crippen LogP contribution is -2.32. The largest absolute Gasteiger partial charge is 0.331 e. The van der Waals surface area contributed by atoms with Crippen LogP contribution in [0.25, 0.3) is 64.4 Å². The second kappa shape index (κ2) is 13.2. The first-order valence-corrected chi connectivity index (χ1v) is 17.8. The number of thiophene rings is 1. The molecule has 9 rings (SSSR count). The summed E-state index contributed by atoms with van der Waals surface area (Å²) in [7, 11) is 0. The maximum Gasteiger partial charge on any atom is 0.201 e. The van der Waals surface area contributed by atoms with Gasteiger partial charge in [0.2, 0.25) is 6.29 Å². The molecule has 244 valence electrons. The lowest BCUT2D eigenvalue weighted by Gasteiger charge is -2.22. The summed E-state index contributed by atoms with van der Waals surface area (Å²) >= 11 is 1.84. The summed E-state index contributed by atoms with van der Waals surface area (Å²) in [6, 6.07) is 55.2. The van der Waals surface area contributed by atoms with Crippen molar-refractivity contribution in [2.45, 2.75) is 12.8 Å². The van der Waals surface area contributed by atoms with Crippen molar-refractivity contribution in [1.82, 2.24) is 14.9 Å². The van der Waals surface area contributed by atoms with Crippen LogP contribution in [-0.2, 0) is 6.54 Å². The molecule has 51 heavy (non-hydrogen) atoms. The number of aromatic nitrogens is 2. The van der Waals surface area contributed by atoms with Crippen molar-refractivity contribution in [2.75, 3.05) is 0 Å². The van der Waals surface area contributed by atoms with Gasteiger partial charge in [0, 0.05) is 48.3 Å². The van der Waals surface area contributed by atoms with Crippen LogP contribution in [0.3, 0.4) is 0 Å². The van der Waals surface area contributed by atoms with E-state index in [4.69, 9.17) is 15.0 Å². The minimum absolute atomic E-state index is 0.527. The van der Waals surface area contributed by atoms with Crippen molar-refractivity contribution >= 4 is 65.9 Å². The van der Waals surface area contributed by atoms with Crippen LogP contribution >= 0.6 is 11.3 Å². The van der Waals surface area contributed by atoms with Crippen molar-refractivity contribution in [3.05, 3.63) is 175 Å². The Balaban J connectivity index is 1.23. The van der Waals surface area contributed by atoms with E-state index in [1.807, 2.05) is 60.0 Å². The number of hydrogen-bond donors (Lipinski definition) is 1. The number of fused-ring (bicyclic) bond motifs is 6. The highest BCUT2D eigenvalue weighted by Gasteiger charge is 2.23. The summed E-state index contributed by atoms with van der Waals surface area (Å²) in [5, 5.41) is 8.49. The molecule has 0 aliphatic heterocycles. The normalized spacial score (nSPS) is 12.5. The molecule has 0 bridgehead atoms. The molecule has 1 unspecified atom stereocenters. The smallest absolute Gasteiger partial charge is 0.201 e. The van der Waals surface area contributed by atoms with Crippen LogP contribution in [0, 0.1) is 0 Å². The van der Waals surface area contributed by atoms with Crippen LogP contribution in [0.1, 0.15) is 17.4 Å². The van der Waals surface area contributed by atoms with Crippen molar-refractivity contribution < 1.29 is 0 Å². The number of rotatable bonds is 8. The van der Waals surface area contributed by atoms with Gasteiger partial charge in [-0.1, -0.05) is 121 Å². The summed E-state index contributed by atoms with van der Waals surface area (Å²) in [4.78, 5) is 14.8. The molecule has 3 heterocycles. The van der Waals surface area contributed by atoms with Gasteiger partial charge in [0.05, 0.1) is 23.3 Å². The number of benzene rings is 6.